The predicted molar refractivity (Wildman–Crippen MR) is 65.7 cm³/mol. The van der Waals surface area contributed by atoms with Gasteiger partial charge in [0.15, 0.2) is 0 Å². The van der Waals surface area contributed by atoms with Gasteiger partial charge in [0.05, 0.1) is 12.3 Å². The lowest BCUT2D eigenvalue weighted by Gasteiger charge is -2.07. The van der Waals surface area contributed by atoms with E-state index in [-0.39, 0.29) is 18.8 Å². The number of aliphatic hydroxyl groups excluding tert-OH is 1. The molecule has 1 aromatic carbocycles. The molecule has 0 aliphatic heterocycles. The number of rotatable bonds is 5. The highest BCUT2D eigenvalue weighted by atomic mass is 16.5. The molecule has 2 N–H and O–H groups in total. The van der Waals surface area contributed by atoms with Gasteiger partial charge in [-0.15, -0.1) is 0 Å². The van der Waals surface area contributed by atoms with Gasteiger partial charge in [-0.05, 0) is 17.7 Å². The molecule has 0 radical (unpaired) electrons. The summed E-state index contributed by atoms with van der Waals surface area (Å²) in [6, 6.07) is 6.86. The third-order valence-corrected chi connectivity index (χ3v) is 2.51. The lowest BCUT2D eigenvalue weighted by molar-refractivity contribution is 0.0692. The van der Waals surface area contributed by atoms with E-state index in [1.165, 1.54) is 12.5 Å². The third kappa shape index (κ3) is 3.26. The summed E-state index contributed by atoms with van der Waals surface area (Å²) in [4.78, 5) is 18.5. The van der Waals surface area contributed by atoms with Crippen LogP contribution in [-0.2, 0) is 13.2 Å². The van der Waals surface area contributed by atoms with Gasteiger partial charge in [-0.1, -0.05) is 12.1 Å². The Kier molecular flexibility index (Phi) is 4.04. The summed E-state index contributed by atoms with van der Waals surface area (Å²) in [5.74, 6) is -0.512. The van der Waals surface area contributed by atoms with Gasteiger partial charge < -0.3 is 14.9 Å². The summed E-state index contributed by atoms with van der Waals surface area (Å²) in [6.07, 6.45) is 2.52. The zero-order valence-corrected chi connectivity index (χ0v) is 9.98. The molecule has 0 atom stereocenters. The maximum atomic E-state index is 11.0. The van der Waals surface area contributed by atoms with Crippen molar-refractivity contribution in [3.8, 4) is 5.75 Å². The first-order valence-corrected chi connectivity index (χ1v) is 5.55. The molecule has 0 aliphatic rings. The highest BCUT2D eigenvalue weighted by Crippen LogP contribution is 2.14. The van der Waals surface area contributed by atoms with E-state index in [1.54, 1.807) is 24.3 Å². The number of carbonyl (C=O) groups is 1. The Morgan fingerprint density at radius 3 is 2.63 bits per heavy atom. The van der Waals surface area contributed by atoms with E-state index >= 15 is 0 Å². The zero-order valence-electron chi connectivity index (χ0n) is 9.98. The number of aromatic carboxylic acids is 1. The number of hydrogen-bond acceptors (Lipinski definition) is 5. The summed E-state index contributed by atoms with van der Waals surface area (Å²) in [6.45, 7) is 0.0119. The van der Waals surface area contributed by atoms with Crippen LogP contribution in [0.5, 0.6) is 5.75 Å². The van der Waals surface area contributed by atoms with Crippen molar-refractivity contribution in [3.05, 3.63) is 53.6 Å². The average molecular weight is 260 g/mol. The van der Waals surface area contributed by atoms with E-state index in [4.69, 9.17) is 14.9 Å². The minimum Gasteiger partial charge on any atom is -0.487 e. The second-order valence-corrected chi connectivity index (χ2v) is 3.78. The molecule has 0 amide bonds. The number of benzene rings is 1. The van der Waals surface area contributed by atoms with Crippen LogP contribution in [0.2, 0.25) is 0 Å². The van der Waals surface area contributed by atoms with Crippen molar-refractivity contribution in [3.63, 3.8) is 0 Å². The van der Waals surface area contributed by atoms with Crippen LogP contribution in [0.4, 0.5) is 0 Å². The average Bonchev–Trinajstić information content (AvgIpc) is 2.46. The standard InChI is InChI=1S/C13H12N2O4/c16-6-9-1-3-10(4-2-9)19-7-12-11(13(17)18)5-14-8-15-12/h1-5,8,16H,6-7H2,(H,17,18). The molecule has 19 heavy (non-hydrogen) atoms. The van der Waals surface area contributed by atoms with Gasteiger partial charge in [0, 0.05) is 6.20 Å². The van der Waals surface area contributed by atoms with Crippen LogP contribution in [0.3, 0.4) is 0 Å². The van der Waals surface area contributed by atoms with Crippen LogP contribution in [0.15, 0.2) is 36.8 Å². The second kappa shape index (κ2) is 5.92. The fourth-order valence-corrected chi connectivity index (χ4v) is 1.49. The first-order chi connectivity index (χ1) is 9.20. The van der Waals surface area contributed by atoms with E-state index in [0.29, 0.717) is 11.4 Å². The van der Waals surface area contributed by atoms with Gasteiger partial charge in [0.25, 0.3) is 0 Å². The fourth-order valence-electron chi connectivity index (χ4n) is 1.49. The molecule has 0 aliphatic carbocycles. The van der Waals surface area contributed by atoms with Crippen molar-refractivity contribution >= 4 is 5.97 Å². The number of carboxylic acid groups (broad SMARTS) is 1. The molecule has 1 heterocycles. The molecule has 1 aromatic heterocycles. The number of carboxylic acids is 1. The predicted octanol–water partition coefficient (Wildman–Crippen LogP) is 1.25. The molecule has 0 saturated carbocycles. The molecule has 0 saturated heterocycles. The summed E-state index contributed by atoms with van der Waals surface area (Å²) in [7, 11) is 0. The van der Waals surface area contributed by atoms with Crippen LogP contribution >= 0.6 is 0 Å². The van der Waals surface area contributed by atoms with E-state index in [0.717, 1.165) is 5.56 Å². The summed E-state index contributed by atoms with van der Waals surface area (Å²) in [5.41, 5.74) is 1.11. The van der Waals surface area contributed by atoms with Crippen LogP contribution < -0.4 is 4.74 Å². The lowest BCUT2D eigenvalue weighted by Crippen LogP contribution is -2.08. The van der Waals surface area contributed by atoms with Gasteiger partial charge in [-0.25, -0.2) is 14.8 Å². The topological polar surface area (TPSA) is 92.5 Å². The highest BCUT2D eigenvalue weighted by Gasteiger charge is 2.11. The van der Waals surface area contributed by atoms with Crippen molar-refractivity contribution < 1.29 is 19.7 Å². The van der Waals surface area contributed by atoms with Crippen LogP contribution in [0.25, 0.3) is 0 Å². The van der Waals surface area contributed by atoms with Gasteiger partial charge >= 0.3 is 5.97 Å². The summed E-state index contributed by atoms with van der Waals surface area (Å²) < 4.78 is 5.45. The Bertz CT molecular complexity index is 569. The van der Waals surface area contributed by atoms with E-state index < -0.39 is 5.97 Å². The monoisotopic (exact) mass is 260 g/mol. The first-order valence-electron chi connectivity index (χ1n) is 5.55. The van der Waals surface area contributed by atoms with Crippen molar-refractivity contribution in [2.45, 2.75) is 13.2 Å². The zero-order chi connectivity index (χ0) is 13.7. The normalized spacial score (nSPS) is 10.2. The Morgan fingerprint density at radius 2 is 2.00 bits per heavy atom. The van der Waals surface area contributed by atoms with E-state index in [1.807, 2.05) is 0 Å². The van der Waals surface area contributed by atoms with Crippen LogP contribution in [-0.4, -0.2) is 26.2 Å². The molecular weight excluding hydrogens is 248 g/mol. The number of aromatic nitrogens is 2. The minimum atomic E-state index is -1.09. The van der Waals surface area contributed by atoms with Gasteiger partial charge in [-0.3, -0.25) is 0 Å². The quantitative estimate of drug-likeness (QED) is 0.840. The van der Waals surface area contributed by atoms with Gasteiger partial charge in [0.2, 0.25) is 0 Å². The number of hydrogen-bond donors (Lipinski definition) is 2. The SMILES string of the molecule is O=C(O)c1cncnc1COc1ccc(CO)cc1. The largest absolute Gasteiger partial charge is 0.487 e. The first kappa shape index (κ1) is 13.0. The lowest BCUT2D eigenvalue weighted by atomic mass is 10.2. The smallest absolute Gasteiger partial charge is 0.339 e. The molecule has 2 rings (SSSR count). The van der Waals surface area contributed by atoms with Crippen molar-refractivity contribution in [2.75, 3.05) is 0 Å². The van der Waals surface area contributed by atoms with Crippen molar-refractivity contribution in [1.29, 1.82) is 0 Å². The van der Waals surface area contributed by atoms with E-state index in [9.17, 15) is 4.79 Å². The van der Waals surface area contributed by atoms with Crippen LogP contribution in [0, 0.1) is 0 Å². The Balaban J connectivity index is 2.07. The fraction of sp³-hybridized carbons (Fsp3) is 0.154. The molecular formula is C13H12N2O4. The summed E-state index contributed by atoms with van der Waals surface area (Å²) >= 11 is 0. The molecule has 98 valence electrons. The number of ether oxygens (including phenoxy) is 1. The molecule has 2 aromatic rings. The molecule has 6 nitrogen and oxygen atoms in total. The molecule has 0 unspecified atom stereocenters. The van der Waals surface area contributed by atoms with Gasteiger partial charge in [-0.2, -0.15) is 0 Å². The molecule has 0 spiro atoms. The second-order valence-electron chi connectivity index (χ2n) is 3.78. The number of nitrogens with zero attached hydrogens (tertiary/aromatic N) is 2. The van der Waals surface area contributed by atoms with Gasteiger partial charge in [0.1, 0.15) is 24.2 Å². The minimum absolute atomic E-state index is 0.0227. The Labute approximate surface area is 109 Å². The number of aliphatic hydroxyl groups is 1. The third-order valence-electron chi connectivity index (χ3n) is 2.51. The highest BCUT2D eigenvalue weighted by molar-refractivity contribution is 5.88. The summed E-state index contributed by atoms with van der Waals surface area (Å²) in [5, 5.41) is 17.9. The van der Waals surface area contributed by atoms with Crippen molar-refractivity contribution in [1.82, 2.24) is 9.97 Å². The Morgan fingerprint density at radius 1 is 1.26 bits per heavy atom. The van der Waals surface area contributed by atoms with Crippen LogP contribution in [0.1, 0.15) is 21.6 Å². The maximum absolute atomic E-state index is 11.0. The van der Waals surface area contributed by atoms with E-state index in [2.05, 4.69) is 9.97 Å². The maximum Gasteiger partial charge on any atom is 0.339 e. The Hall–Kier alpha value is -2.47. The van der Waals surface area contributed by atoms with Crippen molar-refractivity contribution in [2.24, 2.45) is 0 Å². The molecule has 0 fully saturated rings. The molecule has 6 heteroatoms. The molecule has 0 bridgehead atoms.